The van der Waals surface area contributed by atoms with Crippen molar-refractivity contribution in [3.8, 4) is 11.5 Å². The monoisotopic (exact) mass is 238 g/mol. The second-order valence-electron chi connectivity index (χ2n) is 3.91. The molecule has 0 fully saturated rings. The molecule has 0 aliphatic rings. The number of hydrogen-bond acceptors (Lipinski definition) is 4. The van der Waals surface area contributed by atoms with E-state index in [1.165, 1.54) is 0 Å². The Kier molecular flexibility index (Phi) is 4.63. The van der Waals surface area contributed by atoms with E-state index in [4.69, 9.17) is 15.2 Å². The van der Waals surface area contributed by atoms with E-state index in [2.05, 4.69) is 5.32 Å². The smallest absolute Gasteiger partial charge is 0.258 e. The van der Waals surface area contributed by atoms with Crippen molar-refractivity contribution in [3.05, 3.63) is 18.2 Å². The van der Waals surface area contributed by atoms with Crippen LogP contribution in [-0.4, -0.2) is 25.7 Å². The van der Waals surface area contributed by atoms with Crippen molar-refractivity contribution >= 4 is 11.6 Å². The van der Waals surface area contributed by atoms with Crippen LogP contribution >= 0.6 is 0 Å². The minimum atomic E-state index is -0.179. The lowest BCUT2D eigenvalue weighted by molar-refractivity contribution is -0.123. The molecule has 0 saturated heterocycles. The highest BCUT2D eigenvalue weighted by atomic mass is 16.5. The minimum Gasteiger partial charge on any atom is -0.497 e. The third kappa shape index (κ3) is 4.22. The van der Waals surface area contributed by atoms with Gasteiger partial charge >= 0.3 is 0 Å². The molecule has 0 saturated carbocycles. The molecule has 0 aliphatic carbocycles. The van der Waals surface area contributed by atoms with Gasteiger partial charge in [-0.2, -0.15) is 0 Å². The van der Waals surface area contributed by atoms with Crippen molar-refractivity contribution in [3.63, 3.8) is 0 Å². The van der Waals surface area contributed by atoms with Crippen molar-refractivity contribution < 1.29 is 14.3 Å². The molecular weight excluding hydrogens is 220 g/mol. The Morgan fingerprint density at radius 1 is 1.47 bits per heavy atom. The molecular formula is C12H18N2O3. The van der Waals surface area contributed by atoms with Gasteiger partial charge in [-0.05, 0) is 26.0 Å². The number of amides is 1. The Hall–Kier alpha value is -1.91. The molecule has 17 heavy (non-hydrogen) atoms. The van der Waals surface area contributed by atoms with Crippen LogP contribution in [0.3, 0.4) is 0 Å². The fraction of sp³-hybridized carbons (Fsp3) is 0.417. The van der Waals surface area contributed by atoms with Gasteiger partial charge in [0.2, 0.25) is 0 Å². The lowest BCUT2D eigenvalue weighted by Gasteiger charge is -2.12. The number of carbonyl (C=O) groups excluding carboxylic acids is 1. The standard InChI is InChI=1S/C12H18N2O3/c1-8(2)14-12(15)7-17-11-6-9(16-3)4-5-10(11)13/h4-6,8H,7,13H2,1-3H3,(H,14,15). The molecule has 0 unspecified atom stereocenters. The highest BCUT2D eigenvalue weighted by Gasteiger charge is 2.07. The summed E-state index contributed by atoms with van der Waals surface area (Å²) in [5, 5.41) is 2.73. The Bertz CT molecular complexity index is 391. The van der Waals surface area contributed by atoms with E-state index in [-0.39, 0.29) is 18.6 Å². The second-order valence-corrected chi connectivity index (χ2v) is 3.91. The average molecular weight is 238 g/mol. The lowest BCUT2D eigenvalue weighted by Crippen LogP contribution is -2.34. The summed E-state index contributed by atoms with van der Waals surface area (Å²) >= 11 is 0. The number of nitrogen functional groups attached to an aromatic ring is 1. The molecule has 5 nitrogen and oxygen atoms in total. The van der Waals surface area contributed by atoms with Gasteiger partial charge in [0.1, 0.15) is 11.5 Å². The van der Waals surface area contributed by atoms with Gasteiger partial charge in [0.05, 0.1) is 12.8 Å². The van der Waals surface area contributed by atoms with Crippen LogP contribution in [0.2, 0.25) is 0 Å². The molecule has 3 N–H and O–H groups in total. The summed E-state index contributed by atoms with van der Waals surface area (Å²) in [6, 6.07) is 5.15. The molecule has 1 aromatic rings. The number of carbonyl (C=O) groups is 1. The predicted octanol–water partition coefficient (Wildman–Crippen LogP) is 1.18. The van der Waals surface area contributed by atoms with E-state index in [1.54, 1.807) is 25.3 Å². The number of ether oxygens (including phenoxy) is 2. The molecule has 0 atom stereocenters. The van der Waals surface area contributed by atoms with E-state index in [0.29, 0.717) is 17.2 Å². The first kappa shape index (κ1) is 13.2. The average Bonchev–Trinajstić information content (AvgIpc) is 2.27. The third-order valence-corrected chi connectivity index (χ3v) is 2.03. The van der Waals surface area contributed by atoms with Gasteiger partial charge in [-0.1, -0.05) is 0 Å². The maximum Gasteiger partial charge on any atom is 0.258 e. The van der Waals surface area contributed by atoms with E-state index < -0.39 is 0 Å². The quantitative estimate of drug-likeness (QED) is 0.755. The second kappa shape index (κ2) is 5.98. The normalized spacial score (nSPS) is 10.1. The summed E-state index contributed by atoms with van der Waals surface area (Å²) in [5.74, 6) is 0.906. The zero-order valence-electron chi connectivity index (χ0n) is 10.3. The highest BCUT2D eigenvalue weighted by molar-refractivity contribution is 5.78. The van der Waals surface area contributed by atoms with Crippen molar-refractivity contribution in [2.75, 3.05) is 19.5 Å². The maximum atomic E-state index is 11.4. The van der Waals surface area contributed by atoms with Crippen molar-refractivity contribution in [1.82, 2.24) is 5.32 Å². The Labute approximate surface area is 101 Å². The molecule has 1 amide bonds. The number of nitrogens with one attached hydrogen (secondary N) is 1. The first-order chi connectivity index (χ1) is 8.02. The maximum absolute atomic E-state index is 11.4. The van der Waals surface area contributed by atoms with Gasteiger partial charge < -0.3 is 20.5 Å². The van der Waals surface area contributed by atoms with Gasteiger partial charge in [0.25, 0.3) is 5.91 Å². The van der Waals surface area contributed by atoms with Crippen LogP contribution in [-0.2, 0) is 4.79 Å². The fourth-order valence-corrected chi connectivity index (χ4v) is 1.27. The molecule has 0 heterocycles. The topological polar surface area (TPSA) is 73.6 Å². The first-order valence-electron chi connectivity index (χ1n) is 5.38. The third-order valence-electron chi connectivity index (χ3n) is 2.03. The summed E-state index contributed by atoms with van der Waals surface area (Å²) in [6.45, 7) is 3.71. The molecule has 0 aliphatic heterocycles. The van der Waals surface area contributed by atoms with Crippen LogP contribution in [0.1, 0.15) is 13.8 Å². The van der Waals surface area contributed by atoms with E-state index in [1.807, 2.05) is 13.8 Å². The van der Waals surface area contributed by atoms with Gasteiger partial charge in [-0.3, -0.25) is 4.79 Å². The van der Waals surface area contributed by atoms with E-state index in [0.717, 1.165) is 0 Å². The highest BCUT2D eigenvalue weighted by Crippen LogP contribution is 2.26. The Balaban J connectivity index is 2.59. The number of methoxy groups -OCH3 is 1. The van der Waals surface area contributed by atoms with Crippen molar-refractivity contribution in [2.45, 2.75) is 19.9 Å². The number of anilines is 1. The number of nitrogens with two attached hydrogens (primary N) is 1. The van der Waals surface area contributed by atoms with Crippen LogP contribution in [0.4, 0.5) is 5.69 Å². The van der Waals surface area contributed by atoms with E-state index in [9.17, 15) is 4.79 Å². The summed E-state index contributed by atoms with van der Waals surface area (Å²) in [7, 11) is 1.56. The van der Waals surface area contributed by atoms with Gasteiger partial charge in [0.15, 0.2) is 6.61 Å². The zero-order valence-corrected chi connectivity index (χ0v) is 10.3. The van der Waals surface area contributed by atoms with Gasteiger partial charge in [0, 0.05) is 12.1 Å². The van der Waals surface area contributed by atoms with Crippen LogP contribution in [0, 0.1) is 0 Å². The minimum absolute atomic E-state index is 0.0600. The molecule has 1 rings (SSSR count). The molecule has 94 valence electrons. The summed E-state index contributed by atoms with van der Waals surface area (Å²) in [5.41, 5.74) is 6.19. The van der Waals surface area contributed by atoms with Gasteiger partial charge in [-0.25, -0.2) is 0 Å². The molecule has 0 bridgehead atoms. The van der Waals surface area contributed by atoms with Crippen molar-refractivity contribution in [1.29, 1.82) is 0 Å². The van der Waals surface area contributed by atoms with Crippen LogP contribution in [0.5, 0.6) is 11.5 Å². The fourth-order valence-electron chi connectivity index (χ4n) is 1.27. The lowest BCUT2D eigenvalue weighted by atomic mass is 10.3. The summed E-state index contributed by atoms with van der Waals surface area (Å²) in [6.07, 6.45) is 0. The molecule has 0 radical (unpaired) electrons. The molecule has 0 spiro atoms. The largest absolute Gasteiger partial charge is 0.497 e. The number of rotatable bonds is 5. The van der Waals surface area contributed by atoms with Crippen molar-refractivity contribution in [2.24, 2.45) is 0 Å². The van der Waals surface area contributed by atoms with Gasteiger partial charge in [-0.15, -0.1) is 0 Å². The summed E-state index contributed by atoms with van der Waals surface area (Å²) < 4.78 is 10.4. The number of benzene rings is 1. The zero-order chi connectivity index (χ0) is 12.8. The predicted molar refractivity (Wildman–Crippen MR) is 66.2 cm³/mol. The number of hydrogen-bond donors (Lipinski definition) is 2. The Morgan fingerprint density at radius 3 is 2.76 bits per heavy atom. The van der Waals surface area contributed by atoms with Crippen LogP contribution in [0.15, 0.2) is 18.2 Å². The SMILES string of the molecule is COc1ccc(N)c(OCC(=O)NC(C)C)c1. The summed E-state index contributed by atoms with van der Waals surface area (Å²) in [4.78, 5) is 11.4. The van der Waals surface area contributed by atoms with E-state index >= 15 is 0 Å². The van der Waals surface area contributed by atoms with Crippen LogP contribution in [0.25, 0.3) is 0 Å². The molecule has 0 aromatic heterocycles. The Morgan fingerprint density at radius 2 is 2.18 bits per heavy atom. The molecule has 1 aromatic carbocycles. The first-order valence-corrected chi connectivity index (χ1v) is 5.38. The molecule has 5 heteroatoms. The van der Waals surface area contributed by atoms with Crippen LogP contribution < -0.4 is 20.5 Å².